The van der Waals surface area contributed by atoms with Gasteiger partial charge in [0.05, 0.1) is 5.41 Å². The molecule has 0 aromatic heterocycles. The molecule has 0 radical (unpaired) electrons. The van der Waals surface area contributed by atoms with E-state index >= 15 is 0 Å². The number of nitrogens with zero attached hydrogens (tertiary/aromatic N) is 1. The van der Waals surface area contributed by atoms with E-state index in [1.54, 1.807) is 4.90 Å². The van der Waals surface area contributed by atoms with Gasteiger partial charge >= 0.3 is 12.1 Å². The van der Waals surface area contributed by atoms with Crippen LogP contribution in [-0.2, 0) is 9.53 Å². The van der Waals surface area contributed by atoms with E-state index in [0.717, 1.165) is 12.8 Å². The van der Waals surface area contributed by atoms with Crippen molar-refractivity contribution < 1.29 is 19.4 Å². The van der Waals surface area contributed by atoms with Crippen LogP contribution in [0.25, 0.3) is 0 Å². The molecule has 2 fully saturated rings. The quantitative estimate of drug-likeness (QED) is 0.779. The molecule has 0 aromatic rings. The minimum Gasteiger partial charge on any atom is -0.481 e. The molecule has 2 unspecified atom stereocenters. The maximum Gasteiger partial charge on any atom is 0.410 e. The zero-order valence-electron chi connectivity index (χ0n) is 11.2. The van der Waals surface area contributed by atoms with Crippen LogP contribution in [0, 0.1) is 11.3 Å². The Morgan fingerprint density at radius 1 is 1.39 bits per heavy atom. The Kier molecular flexibility index (Phi) is 3.03. The van der Waals surface area contributed by atoms with E-state index in [9.17, 15) is 14.7 Å². The molecule has 1 aliphatic heterocycles. The number of carbonyl (C=O) groups is 2. The third-order valence-corrected chi connectivity index (χ3v) is 3.76. The average Bonchev–Trinajstić information content (AvgIpc) is 2.86. The summed E-state index contributed by atoms with van der Waals surface area (Å²) < 4.78 is 5.32. The van der Waals surface area contributed by atoms with Crippen molar-refractivity contribution in [3.05, 3.63) is 0 Å². The summed E-state index contributed by atoms with van der Waals surface area (Å²) in [4.78, 5) is 24.9. The van der Waals surface area contributed by atoms with Gasteiger partial charge in [0.2, 0.25) is 0 Å². The largest absolute Gasteiger partial charge is 0.481 e. The van der Waals surface area contributed by atoms with Crippen LogP contribution in [0.15, 0.2) is 0 Å². The molecule has 1 heterocycles. The number of ether oxygens (including phenoxy) is 1. The van der Waals surface area contributed by atoms with Gasteiger partial charge < -0.3 is 14.7 Å². The summed E-state index contributed by atoms with van der Waals surface area (Å²) in [6.45, 7) is 6.34. The lowest BCUT2D eigenvalue weighted by Gasteiger charge is -2.28. The Hall–Kier alpha value is -1.26. The van der Waals surface area contributed by atoms with E-state index < -0.39 is 23.1 Å². The number of fused-ring (bicyclic) bond motifs is 1. The molecule has 0 bridgehead atoms. The minimum absolute atomic E-state index is 0.238. The van der Waals surface area contributed by atoms with Gasteiger partial charge in [-0.1, -0.05) is 0 Å². The summed E-state index contributed by atoms with van der Waals surface area (Å²) in [6, 6.07) is 0. The molecular formula is C13H21NO4. The van der Waals surface area contributed by atoms with Crippen molar-refractivity contribution in [1.82, 2.24) is 4.90 Å². The third-order valence-electron chi connectivity index (χ3n) is 3.76. The minimum atomic E-state index is -0.775. The molecule has 1 saturated heterocycles. The highest BCUT2D eigenvalue weighted by atomic mass is 16.6. The molecule has 5 heteroatoms. The fourth-order valence-corrected chi connectivity index (χ4v) is 2.71. The van der Waals surface area contributed by atoms with E-state index in [-0.39, 0.29) is 5.92 Å². The van der Waals surface area contributed by atoms with Gasteiger partial charge in [0.25, 0.3) is 0 Å². The Bertz CT molecular complexity index is 374. The monoisotopic (exact) mass is 255 g/mol. The van der Waals surface area contributed by atoms with Crippen molar-refractivity contribution >= 4 is 12.1 Å². The highest BCUT2D eigenvalue weighted by molar-refractivity contribution is 5.80. The number of likely N-dealkylation sites (tertiary alicyclic amines) is 1. The van der Waals surface area contributed by atoms with E-state index in [0.29, 0.717) is 19.5 Å². The van der Waals surface area contributed by atoms with E-state index in [2.05, 4.69) is 0 Å². The summed E-state index contributed by atoms with van der Waals surface area (Å²) in [6.07, 6.45) is 2.06. The first-order valence-corrected chi connectivity index (χ1v) is 6.46. The van der Waals surface area contributed by atoms with E-state index in [4.69, 9.17) is 4.74 Å². The lowest BCUT2D eigenvalue weighted by molar-refractivity contribution is -0.144. The van der Waals surface area contributed by atoms with Crippen molar-refractivity contribution in [1.29, 1.82) is 0 Å². The van der Waals surface area contributed by atoms with Crippen molar-refractivity contribution in [3.8, 4) is 0 Å². The first-order chi connectivity index (χ1) is 8.24. The number of carbonyl (C=O) groups excluding carboxylic acids is 1. The SMILES string of the molecule is CC(C)(C)OC(=O)N1CCCC2CC2(C(=O)O)C1. The van der Waals surface area contributed by atoms with Gasteiger partial charge in [-0.15, -0.1) is 0 Å². The first-order valence-electron chi connectivity index (χ1n) is 6.46. The number of carboxylic acid groups (broad SMARTS) is 1. The highest BCUT2D eigenvalue weighted by Gasteiger charge is 2.62. The predicted molar refractivity (Wildman–Crippen MR) is 65.2 cm³/mol. The fraction of sp³-hybridized carbons (Fsp3) is 0.846. The van der Waals surface area contributed by atoms with E-state index in [1.165, 1.54) is 0 Å². The molecule has 0 spiro atoms. The van der Waals surface area contributed by atoms with Crippen LogP contribution >= 0.6 is 0 Å². The molecule has 2 atom stereocenters. The Morgan fingerprint density at radius 3 is 2.61 bits per heavy atom. The number of rotatable bonds is 1. The highest BCUT2D eigenvalue weighted by Crippen LogP contribution is 2.57. The maximum absolute atomic E-state index is 12.0. The molecule has 1 saturated carbocycles. The van der Waals surface area contributed by atoms with Gasteiger partial charge in [-0.25, -0.2) is 4.79 Å². The molecule has 0 aromatic carbocycles. The second-order valence-corrected chi connectivity index (χ2v) is 6.41. The van der Waals surface area contributed by atoms with Gasteiger partial charge in [0, 0.05) is 13.1 Å². The standard InChI is InChI=1S/C13H21NO4/c1-12(2,3)18-11(17)14-6-4-5-9-7-13(9,8-14)10(15)16/h9H,4-8H2,1-3H3,(H,15,16). The van der Waals surface area contributed by atoms with Crippen LogP contribution < -0.4 is 0 Å². The molecule has 2 rings (SSSR count). The van der Waals surface area contributed by atoms with Crippen molar-refractivity contribution in [3.63, 3.8) is 0 Å². The van der Waals surface area contributed by atoms with Gasteiger partial charge in [0.15, 0.2) is 0 Å². The van der Waals surface area contributed by atoms with Gasteiger partial charge in [-0.05, 0) is 46.0 Å². The second kappa shape index (κ2) is 4.14. The normalized spacial score (nSPS) is 31.3. The predicted octanol–water partition coefficient (Wildman–Crippen LogP) is 2.11. The lowest BCUT2D eigenvalue weighted by atomic mass is 10.0. The molecule has 1 N–H and O–H groups in total. The van der Waals surface area contributed by atoms with Crippen LogP contribution in [-0.4, -0.2) is 40.8 Å². The Labute approximate surface area is 107 Å². The Morgan fingerprint density at radius 2 is 2.06 bits per heavy atom. The fourth-order valence-electron chi connectivity index (χ4n) is 2.71. The molecule has 2 aliphatic rings. The smallest absolute Gasteiger partial charge is 0.410 e. The molecule has 102 valence electrons. The summed E-state index contributed by atoms with van der Waals surface area (Å²) >= 11 is 0. The van der Waals surface area contributed by atoms with Crippen LogP contribution in [0.2, 0.25) is 0 Å². The van der Waals surface area contributed by atoms with E-state index in [1.807, 2.05) is 20.8 Å². The topological polar surface area (TPSA) is 66.8 Å². The summed E-state index contributed by atoms with van der Waals surface area (Å²) in [5.41, 5.74) is -1.24. The number of aliphatic carboxylic acids is 1. The average molecular weight is 255 g/mol. The molecule has 1 amide bonds. The number of amides is 1. The number of hydrogen-bond donors (Lipinski definition) is 1. The molecule has 5 nitrogen and oxygen atoms in total. The summed E-state index contributed by atoms with van der Waals surface area (Å²) in [5.74, 6) is -0.537. The zero-order chi connectivity index (χ0) is 13.6. The zero-order valence-corrected chi connectivity index (χ0v) is 11.2. The second-order valence-electron chi connectivity index (χ2n) is 6.41. The summed E-state index contributed by atoms with van der Waals surface area (Å²) in [7, 11) is 0. The molecule has 1 aliphatic carbocycles. The van der Waals surface area contributed by atoms with Crippen molar-refractivity contribution in [2.75, 3.05) is 13.1 Å². The molecule has 18 heavy (non-hydrogen) atoms. The maximum atomic E-state index is 12.0. The van der Waals surface area contributed by atoms with Crippen LogP contribution in [0.5, 0.6) is 0 Å². The van der Waals surface area contributed by atoms with Gasteiger partial charge in [-0.3, -0.25) is 4.79 Å². The van der Waals surface area contributed by atoms with Crippen molar-refractivity contribution in [2.45, 2.75) is 45.6 Å². The Balaban J connectivity index is 2.05. The van der Waals surface area contributed by atoms with Crippen molar-refractivity contribution in [2.24, 2.45) is 11.3 Å². The number of carboxylic acids is 1. The molecular weight excluding hydrogens is 234 g/mol. The van der Waals surface area contributed by atoms with Crippen LogP contribution in [0.1, 0.15) is 40.0 Å². The van der Waals surface area contributed by atoms with Gasteiger partial charge in [0.1, 0.15) is 5.60 Å². The summed E-state index contributed by atoms with van der Waals surface area (Å²) in [5, 5.41) is 9.32. The van der Waals surface area contributed by atoms with Crippen LogP contribution in [0.4, 0.5) is 4.79 Å². The van der Waals surface area contributed by atoms with Gasteiger partial charge in [-0.2, -0.15) is 0 Å². The lowest BCUT2D eigenvalue weighted by Crippen LogP contribution is -2.41. The number of hydrogen-bond acceptors (Lipinski definition) is 3. The third kappa shape index (κ3) is 2.44. The first kappa shape index (κ1) is 13.2. The van der Waals surface area contributed by atoms with Crippen LogP contribution in [0.3, 0.4) is 0 Å².